The highest BCUT2D eigenvalue weighted by Crippen LogP contribution is 2.58. The maximum atomic E-state index is 15.1. The second-order valence-corrected chi connectivity index (χ2v) is 23.6. The highest BCUT2D eigenvalue weighted by atomic mass is 16.2. The molecule has 6 aromatic carbocycles. The molecular weight excluding hydrogens is 1050 g/mol. The van der Waals surface area contributed by atoms with E-state index in [2.05, 4.69) is 21.3 Å². The molecule has 408 valence electrons. The minimum absolute atomic E-state index is 0.0382. The van der Waals surface area contributed by atoms with Crippen molar-refractivity contribution in [3.05, 3.63) is 276 Å². The van der Waals surface area contributed by atoms with Crippen molar-refractivity contribution < 1.29 is 19.2 Å². The Morgan fingerprint density at radius 1 is 0.301 bits per heavy atom. The Kier molecular flexibility index (Phi) is 8.63. The van der Waals surface area contributed by atoms with Crippen molar-refractivity contribution in [1.29, 1.82) is 0 Å². The van der Waals surface area contributed by atoms with Crippen molar-refractivity contribution in [2.75, 3.05) is 0 Å². The van der Waals surface area contributed by atoms with Gasteiger partial charge in [-0.3, -0.25) is 38.8 Å². The van der Waals surface area contributed by atoms with Crippen LogP contribution in [0, 0.1) is 0 Å². The van der Waals surface area contributed by atoms with Gasteiger partial charge in [0.05, 0.1) is 52.4 Å². The van der Waals surface area contributed by atoms with Crippen molar-refractivity contribution >= 4 is 24.1 Å². The summed E-state index contributed by atoms with van der Waals surface area (Å²) in [4.78, 5) is 125. The van der Waals surface area contributed by atoms with E-state index in [9.17, 15) is 19.2 Å². The summed E-state index contributed by atoms with van der Waals surface area (Å²) in [6.07, 6.45) is 0.239. The molecule has 0 saturated carbocycles. The summed E-state index contributed by atoms with van der Waals surface area (Å²) < 4.78 is 5.83. The number of hydrogen-bond donors (Lipinski definition) is 4. The van der Waals surface area contributed by atoms with Crippen LogP contribution in [0.4, 0.5) is 19.2 Å². The van der Waals surface area contributed by atoms with Gasteiger partial charge >= 0.3 is 24.1 Å². The second kappa shape index (κ2) is 15.4. The van der Waals surface area contributed by atoms with Gasteiger partial charge in [0, 0.05) is 56.3 Å². The van der Waals surface area contributed by atoms with Gasteiger partial charge in [0.25, 0.3) is 22.2 Å². The maximum absolute atomic E-state index is 15.1. The molecule has 4 fully saturated rings. The van der Waals surface area contributed by atoms with Crippen molar-refractivity contribution in [3.8, 4) is 0 Å². The number of urea groups is 4. The first-order valence-corrected chi connectivity index (χ1v) is 28.0. The van der Waals surface area contributed by atoms with Gasteiger partial charge in [0.1, 0.15) is 0 Å². The number of carbonyl (C=O) groups is 4. The third-order valence-electron chi connectivity index (χ3n) is 20.1. The van der Waals surface area contributed by atoms with E-state index in [0.717, 1.165) is 55.6 Å². The molecule has 8 aliphatic heterocycles. The van der Waals surface area contributed by atoms with Crippen LogP contribution in [0.25, 0.3) is 0 Å². The molecule has 83 heavy (non-hydrogen) atoms. The monoisotopic (exact) mass is 1100 g/mol. The molecule has 8 amide bonds. The molecular formula is C63H48N12O8. The Labute approximate surface area is 470 Å². The van der Waals surface area contributed by atoms with Crippen LogP contribution in [0.1, 0.15) is 107 Å². The number of aromatic nitrogens is 4. The van der Waals surface area contributed by atoms with Crippen LogP contribution in [0.5, 0.6) is 0 Å². The lowest BCUT2D eigenvalue weighted by molar-refractivity contribution is -0.0154. The summed E-state index contributed by atoms with van der Waals surface area (Å²) >= 11 is 0. The fourth-order valence-corrected chi connectivity index (χ4v) is 16.7. The molecule has 8 aromatic rings. The van der Waals surface area contributed by atoms with Crippen molar-refractivity contribution in [3.63, 3.8) is 0 Å². The standard InChI is InChI=1S/C63H48N12O8/c76-52-48-46-25-47(49(48)53(77)73-31-39-22-35-27-69-57(81)65-60(42-13-5-1-6-14-42)62(69,44-17-9-3-10-18-44)68(56(80)64-60)26-34(35)21-38(39)30-72(52)73)51-50(46)54(78)74-32-40-23-36-28-70-58(82)66-61(43-15-7-2-8-16-43)63(70,45-19-11-4-12-20-45)71(59(83)67-61)29-37(36)24-41(40)33-75(74)55(51)79/h1-24,46-47H,25-33H2,(H,64,80)(H,65,81)(H,66,82)(H,67,83). The summed E-state index contributed by atoms with van der Waals surface area (Å²) in [5, 5.41) is 12.8. The normalized spacial score (nSPS) is 26.4. The summed E-state index contributed by atoms with van der Waals surface area (Å²) in [6.45, 7) is 0.668. The Bertz CT molecular complexity index is 4140. The molecule has 0 atom stereocenters. The van der Waals surface area contributed by atoms with Crippen LogP contribution >= 0.6 is 0 Å². The van der Waals surface area contributed by atoms with E-state index in [1.54, 1.807) is 19.6 Å². The predicted octanol–water partition coefficient (Wildman–Crippen LogP) is 4.67. The average Bonchev–Trinajstić information content (AvgIpc) is 1.55. The molecule has 2 aliphatic carbocycles. The van der Waals surface area contributed by atoms with Crippen LogP contribution in [0.15, 0.2) is 165 Å². The predicted molar refractivity (Wildman–Crippen MR) is 296 cm³/mol. The van der Waals surface area contributed by atoms with Crippen molar-refractivity contribution in [2.24, 2.45) is 0 Å². The summed E-state index contributed by atoms with van der Waals surface area (Å²) in [6, 6.07) is 44.5. The largest absolute Gasteiger partial charge is 0.322 e. The molecule has 10 heterocycles. The van der Waals surface area contributed by atoms with Gasteiger partial charge in [-0.2, -0.15) is 0 Å². The topological polar surface area (TPSA) is 217 Å². The smallest absolute Gasteiger partial charge is 0.307 e. The summed E-state index contributed by atoms with van der Waals surface area (Å²) in [5.74, 6) is -1.55. The Morgan fingerprint density at radius 2 is 0.530 bits per heavy atom. The van der Waals surface area contributed by atoms with Gasteiger partial charge in [-0.15, -0.1) is 0 Å². The molecule has 2 bridgehead atoms. The number of nitrogens with one attached hydrogen (secondary N) is 4. The molecule has 20 nitrogen and oxygen atoms in total. The zero-order valence-electron chi connectivity index (χ0n) is 44.2. The molecule has 18 rings (SSSR count). The number of benzene rings is 6. The van der Waals surface area contributed by atoms with Crippen LogP contribution in [-0.2, 0) is 75.0 Å². The first kappa shape index (κ1) is 46.5. The van der Waals surface area contributed by atoms with Crippen LogP contribution in [0.3, 0.4) is 0 Å². The van der Waals surface area contributed by atoms with Crippen LogP contribution in [0.2, 0.25) is 0 Å². The van der Waals surface area contributed by atoms with E-state index < -0.39 is 56.7 Å². The average molecular weight is 1100 g/mol. The van der Waals surface area contributed by atoms with Gasteiger partial charge < -0.3 is 21.3 Å². The Balaban J connectivity index is 0.701. The van der Waals surface area contributed by atoms with Crippen LogP contribution in [-0.4, -0.2) is 62.5 Å². The van der Waals surface area contributed by atoms with Crippen molar-refractivity contribution in [2.45, 2.75) is 93.3 Å². The maximum Gasteiger partial charge on any atom is 0.322 e. The molecule has 0 radical (unpaired) electrons. The number of nitrogens with zero attached hydrogens (tertiary/aromatic N) is 8. The quantitative estimate of drug-likeness (QED) is 0.194. The van der Waals surface area contributed by atoms with E-state index in [4.69, 9.17) is 0 Å². The van der Waals surface area contributed by atoms with E-state index in [1.165, 1.54) is 18.7 Å². The molecule has 4 N–H and O–H groups in total. The van der Waals surface area contributed by atoms with E-state index >= 15 is 19.2 Å². The van der Waals surface area contributed by atoms with Gasteiger partial charge in [-0.1, -0.05) is 146 Å². The minimum Gasteiger partial charge on any atom is -0.307 e. The lowest BCUT2D eigenvalue weighted by Crippen LogP contribution is -2.61. The molecule has 4 saturated heterocycles. The first-order valence-electron chi connectivity index (χ1n) is 28.0. The lowest BCUT2D eigenvalue weighted by atomic mass is 9.81. The molecule has 0 spiro atoms. The van der Waals surface area contributed by atoms with Gasteiger partial charge in [0.2, 0.25) is 0 Å². The molecule has 0 unspecified atom stereocenters. The summed E-state index contributed by atoms with van der Waals surface area (Å²) in [5.41, 5.74) is 3.24. The Hall–Kier alpha value is -10.2. The SMILES string of the molecule is O=C1NC2(c3ccccc3)NC(=O)N3Cc4cc5c(cc4CN1C32c1ccccc1)Cn1c(=O)c2c(c(=O)n1C5)C1CC2c2c1c(=O)n1n(c2=O)Cc2cc3c(cc2C1)CN1C(=O)NC2(c4ccccc4)NC(=O)N(C3)C12c1ccccc1. The van der Waals surface area contributed by atoms with Gasteiger partial charge in [0.15, 0.2) is 22.7 Å². The summed E-state index contributed by atoms with van der Waals surface area (Å²) in [7, 11) is 0. The minimum atomic E-state index is -1.36. The van der Waals surface area contributed by atoms with Crippen molar-refractivity contribution in [1.82, 2.24) is 59.6 Å². The Morgan fingerprint density at radius 3 is 0.783 bits per heavy atom. The number of amides is 8. The third kappa shape index (κ3) is 5.34. The number of carbonyl (C=O) groups excluding carboxylic acids is 4. The third-order valence-corrected chi connectivity index (χ3v) is 20.1. The zero-order chi connectivity index (χ0) is 55.8. The number of rotatable bonds is 4. The molecule has 20 heteroatoms. The fraction of sp³-hybridized carbons (Fsp3) is 0.238. The van der Waals surface area contributed by atoms with E-state index in [-0.39, 0.29) is 105 Å². The molecule has 2 aromatic heterocycles. The number of fused-ring (bicyclic) bond motifs is 14. The fourth-order valence-electron chi connectivity index (χ4n) is 16.7. The van der Waals surface area contributed by atoms with Gasteiger partial charge in [-0.25, -0.2) is 37.9 Å². The zero-order valence-corrected chi connectivity index (χ0v) is 44.2. The van der Waals surface area contributed by atoms with Crippen LogP contribution < -0.4 is 43.5 Å². The highest BCUT2D eigenvalue weighted by Gasteiger charge is 2.76. The van der Waals surface area contributed by atoms with Gasteiger partial charge in [-0.05, 0) is 50.9 Å². The first-order chi connectivity index (χ1) is 40.4. The number of hydrogen-bond acceptors (Lipinski definition) is 8. The van der Waals surface area contributed by atoms with E-state index in [0.29, 0.717) is 11.1 Å². The second-order valence-electron chi connectivity index (χ2n) is 23.6. The lowest BCUT2D eigenvalue weighted by Gasteiger charge is -2.45. The molecule has 10 aliphatic rings. The highest BCUT2D eigenvalue weighted by molar-refractivity contribution is 5.91. The van der Waals surface area contributed by atoms with E-state index in [1.807, 2.05) is 146 Å².